The Labute approximate surface area is 235 Å². The highest BCUT2D eigenvalue weighted by Gasteiger charge is 2.21. The molecule has 0 fully saturated rings. The lowest BCUT2D eigenvalue weighted by Gasteiger charge is -2.22. The second kappa shape index (κ2) is 11.5. The molecule has 0 saturated carbocycles. The van der Waals surface area contributed by atoms with Gasteiger partial charge in [-0.1, -0.05) is 18.2 Å². The highest BCUT2D eigenvalue weighted by molar-refractivity contribution is 7.86. The van der Waals surface area contributed by atoms with Crippen LogP contribution in [0, 0.1) is 0 Å². The normalized spacial score (nSPS) is 13.7. The molecule has 1 aliphatic carbocycles. The zero-order valence-electron chi connectivity index (χ0n) is 22.9. The SMILES string of the molecule is CCN(CC)c1ccc(C(=C2C=CC(=[N+](C)CC)C=C2)c2cc(S(=O)(=O)O)cc3cc(S(=O)(=O)O)ccc23)cc1. The first-order valence-electron chi connectivity index (χ1n) is 12.9. The van der Waals surface area contributed by atoms with Gasteiger partial charge in [0.1, 0.15) is 13.6 Å². The van der Waals surface area contributed by atoms with Crippen LogP contribution in [-0.4, -0.2) is 62.9 Å². The van der Waals surface area contributed by atoms with Gasteiger partial charge in [0.15, 0.2) is 5.71 Å². The number of fused-ring (bicyclic) bond motifs is 1. The molecule has 40 heavy (non-hydrogen) atoms. The minimum absolute atomic E-state index is 0.236. The van der Waals surface area contributed by atoms with Crippen LogP contribution < -0.4 is 4.90 Å². The summed E-state index contributed by atoms with van der Waals surface area (Å²) in [5.41, 5.74) is 4.85. The first-order chi connectivity index (χ1) is 18.9. The molecule has 0 spiro atoms. The Kier molecular flexibility index (Phi) is 8.46. The first-order valence-corrected chi connectivity index (χ1v) is 15.8. The van der Waals surface area contributed by atoms with Gasteiger partial charge in [-0.05, 0) is 102 Å². The van der Waals surface area contributed by atoms with Crippen molar-refractivity contribution in [3.8, 4) is 0 Å². The summed E-state index contributed by atoms with van der Waals surface area (Å²) in [6.07, 6.45) is 7.87. The van der Waals surface area contributed by atoms with Crippen molar-refractivity contribution >= 4 is 48.0 Å². The molecule has 0 aliphatic heterocycles. The van der Waals surface area contributed by atoms with Crippen LogP contribution in [0.3, 0.4) is 0 Å². The van der Waals surface area contributed by atoms with Crippen LogP contribution in [0.25, 0.3) is 16.3 Å². The van der Waals surface area contributed by atoms with Gasteiger partial charge in [0.2, 0.25) is 0 Å². The molecular weight excluding hydrogens is 548 g/mol. The van der Waals surface area contributed by atoms with Gasteiger partial charge in [0.05, 0.1) is 9.79 Å². The van der Waals surface area contributed by atoms with E-state index in [2.05, 4.69) is 30.2 Å². The summed E-state index contributed by atoms with van der Waals surface area (Å²) in [7, 11) is -7.20. The lowest BCUT2D eigenvalue weighted by atomic mass is 9.88. The molecule has 2 N–H and O–H groups in total. The third-order valence-corrected chi connectivity index (χ3v) is 8.80. The van der Waals surface area contributed by atoms with Crippen molar-refractivity contribution in [3.63, 3.8) is 0 Å². The van der Waals surface area contributed by atoms with E-state index in [9.17, 15) is 25.9 Å². The molecule has 0 atom stereocenters. The number of hydrogen-bond acceptors (Lipinski definition) is 5. The predicted octanol–water partition coefficient (Wildman–Crippen LogP) is 5.21. The molecule has 0 heterocycles. The standard InChI is InChI=1S/C30H32N2O6S2/c1-5-31(4)24-12-8-21(9-13-24)30(22-10-14-25(15-11-22)32(6-2)7-3)29-20-27(40(36,37)38)19-23-18-26(39(33,34)35)16-17-28(23)29/h8-20H,5-7H2,1-4H3,(H-,33,34,35,36,37,38)/p+1. The minimum Gasteiger partial charge on any atom is -0.372 e. The summed E-state index contributed by atoms with van der Waals surface area (Å²) in [6.45, 7) is 8.72. The van der Waals surface area contributed by atoms with E-state index < -0.39 is 20.2 Å². The number of nitrogens with zero attached hydrogens (tertiary/aromatic N) is 2. The summed E-state index contributed by atoms with van der Waals surface area (Å²) in [5.74, 6) is 0. The minimum atomic E-state index is -4.65. The van der Waals surface area contributed by atoms with Gasteiger partial charge in [0.25, 0.3) is 20.2 Å². The van der Waals surface area contributed by atoms with E-state index in [-0.39, 0.29) is 15.2 Å². The molecule has 0 amide bonds. The molecule has 4 rings (SSSR count). The Hall–Kier alpha value is -3.57. The Bertz CT molecular complexity index is 1770. The maximum atomic E-state index is 12.3. The smallest absolute Gasteiger partial charge is 0.294 e. The molecule has 210 valence electrons. The zero-order valence-corrected chi connectivity index (χ0v) is 24.5. The van der Waals surface area contributed by atoms with E-state index in [1.54, 1.807) is 0 Å². The Balaban J connectivity index is 2.07. The summed E-state index contributed by atoms with van der Waals surface area (Å²) in [4.78, 5) is 1.45. The van der Waals surface area contributed by atoms with Crippen molar-refractivity contribution in [2.75, 3.05) is 31.6 Å². The second-order valence-electron chi connectivity index (χ2n) is 9.46. The molecule has 8 nitrogen and oxygen atoms in total. The molecule has 0 saturated heterocycles. The average Bonchev–Trinajstić information content (AvgIpc) is 2.93. The van der Waals surface area contributed by atoms with Crippen molar-refractivity contribution in [1.82, 2.24) is 0 Å². The molecule has 10 heteroatoms. The van der Waals surface area contributed by atoms with Gasteiger partial charge in [-0.2, -0.15) is 16.8 Å². The highest BCUT2D eigenvalue weighted by Crippen LogP contribution is 2.37. The Morgan fingerprint density at radius 1 is 0.775 bits per heavy atom. The number of rotatable bonds is 8. The molecule has 0 aromatic heterocycles. The monoisotopic (exact) mass is 581 g/mol. The van der Waals surface area contributed by atoms with Crippen LogP contribution in [0.2, 0.25) is 0 Å². The maximum absolute atomic E-state index is 12.3. The largest absolute Gasteiger partial charge is 0.372 e. The summed E-state index contributed by atoms with van der Waals surface area (Å²) in [6, 6.07) is 14.5. The van der Waals surface area contributed by atoms with Crippen molar-refractivity contribution in [2.24, 2.45) is 0 Å². The van der Waals surface area contributed by atoms with E-state index in [0.29, 0.717) is 16.5 Å². The zero-order chi connectivity index (χ0) is 29.2. The van der Waals surface area contributed by atoms with E-state index in [4.69, 9.17) is 0 Å². The van der Waals surface area contributed by atoms with E-state index in [0.717, 1.165) is 42.2 Å². The quantitative estimate of drug-likeness (QED) is 0.277. The molecule has 3 aromatic carbocycles. The fourth-order valence-corrected chi connectivity index (χ4v) is 5.87. The lowest BCUT2D eigenvalue weighted by Crippen LogP contribution is -2.21. The molecule has 0 bridgehead atoms. The maximum Gasteiger partial charge on any atom is 0.294 e. The van der Waals surface area contributed by atoms with Gasteiger partial charge < -0.3 is 4.90 Å². The third kappa shape index (κ3) is 6.10. The lowest BCUT2D eigenvalue weighted by molar-refractivity contribution is -0.491. The first kappa shape index (κ1) is 29.4. The van der Waals surface area contributed by atoms with Crippen LogP contribution in [-0.2, 0) is 20.2 Å². The Morgan fingerprint density at radius 3 is 1.88 bits per heavy atom. The molecule has 0 radical (unpaired) electrons. The van der Waals surface area contributed by atoms with Crippen LogP contribution in [0.4, 0.5) is 5.69 Å². The van der Waals surface area contributed by atoms with Crippen LogP contribution in [0.1, 0.15) is 31.9 Å². The second-order valence-corrected chi connectivity index (χ2v) is 12.3. The fourth-order valence-electron chi connectivity index (χ4n) is 4.81. The van der Waals surface area contributed by atoms with Crippen molar-refractivity contribution in [1.29, 1.82) is 0 Å². The number of hydrogen-bond donors (Lipinski definition) is 2. The van der Waals surface area contributed by atoms with Gasteiger partial charge in [-0.25, -0.2) is 4.58 Å². The molecule has 0 unspecified atom stereocenters. The molecule has 3 aromatic rings. The topological polar surface area (TPSA) is 115 Å². The van der Waals surface area contributed by atoms with Gasteiger partial charge >= 0.3 is 0 Å². The van der Waals surface area contributed by atoms with Crippen LogP contribution >= 0.6 is 0 Å². The Morgan fingerprint density at radius 2 is 1.35 bits per heavy atom. The number of anilines is 1. The van der Waals surface area contributed by atoms with Crippen LogP contribution in [0.15, 0.2) is 94.3 Å². The predicted molar refractivity (Wildman–Crippen MR) is 160 cm³/mol. The summed E-state index contributed by atoms with van der Waals surface area (Å²) >= 11 is 0. The van der Waals surface area contributed by atoms with Gasteiger partial charge in [0, 0.05) is 30.9 Å². The van der Waals surface area contributed by atoms with E-state index >= 15 is 0 Å². The molecule has 1 aliphatic rings. The highest BCUT2D eigenvalue weighted by atomic mass is 32.2. The number of benzene rings is 3. The third-order valence-electron chi connectivity index (χ3n) is 7.12. The van der Waals surface area contributed by atoms with E-state index in [1.165, 1.54) is 30.3 Å². The van der Waals surface area contributed by atoms with Crippen molar-refractivity contribution in [3.05, 3.63) is 95.6 Å². The average molecular weight is 582 g/mol. The summed E-state index contributed by atoms with van der Waals surface area (Å²) < 4.78 is 70.0. The van der Waals surface area contributed by atoms with Gasteiger partial charge in [-0.15, -0.1) is 0 Å². The molecular formula is C30H33N2O6S2+. The van der Waals surface area contributed by atoms with Crippen molar-refractivity contribution in [2.45, 2.75) is 30.6 Å². The van der Waals surface area contributed by atoms with Crippen LogP contribution in [0.5, 0.6) is 0 Å². The van der Waals surface area contributed by atoms with Crippen molar-refractivity contribution < 1.29 is 30.5 Å². The fraction of sp³-hybridized carbons (Fsp3) is 0.233. The van der Waals surface area contributed by atoms with E-state index in [1.807, 2.05) is 55.6 Å². The number of allylic oxidation sites excluding steroid dienone is 5. The summed E-state index contributed by atoms with van der Waals surface area (Å²) in [5, 5.41) is 0.789. The van der Waals surface area contributed by atoms with Gasteiger partial charge in [-0.3, -0.25) is 9.11 Å².